The quantitative estimate of drug-likeness (QED) is 0.284. The molecule has 3 aromatic rings. The number of nitrogens with zero attached hydrogens (tertiary/aromatic N) is 1. The van der Waals surface area contributed by atoms with Crippen LogP contribution < -0.4 is 0 Å². The number of aryl methyl sites for hydroxylation is 1. The molecule has 0 spiro atoms. The second-order valence-corrected chi connectivity index (χ2v) is 7.43. The molecule has 0 fully saturated rings. The predicted octanol–water partition coefficient (Wildman–Crippen LogP) is 5.92. The lowest BCUT2D eigenvalue weighted by Crippen LogP contribution is -2.05. The van der Waals surface area contributed by atoms with Crippen molar-refractivity contribution < 1.29 is 14.1 Å². The smallest absolute Gasteiger partial charge is 0.270 e. The molecule has 0 aliphatic rings. The van der Waals surface area contributed by atoms with Gasteiger partial charge in [0.25, 0.3) is 5.69 Å². The third-order valence-corrected chi connectivity index (χ3v) is 4.94. The van der Waals surface area contributed by atoms with Crippen molar-refractivity contribution in [3.05, 3.63) is 73.9 Å². The number of halogens is 1. The molecule has 0 radical (unpaired) electrons. The number of hydrogen-bond acceptors (Lipinski definition) is 4. The van der Waals surface area contributed by atoms with E-state index in [0.717, 1.165) is 6.42 Å². The zero-order valence-corrected chi connectivity index (χ0v) is 16.1. The van der Waals surface area contributed by atoms with E-state index >= 15 is 0 Å². The molecule has 0 amide bonds. The highest BCUT2D eigenvalue weighted by Gasteiger charge is 2.25. The van der Waals surface area contributed by atoms with Gasteiger partial charge in [-0.25, -0.2) is 0 Å². The molecule has 1 heterocycles. The first kappa shape index (κ1) is 18.3. The second kappa shape index (κ2) is 7.41. The van der Waals surface area contributed by atoms with Crippen molar-refractivity contribution in [3.63, 3.8) is 0 Å². The molecule has 26 heavy (non-hydrogen) atoms. The van der Waals surface area contributed by atoms with Crippen molar-refractivity contribution in [2.24, 2.45) is 5.92 Å². The minimum Gasteiger partial charge on any atom is -0.460 e. The van der Waals surface area contributed by atoms with E-state index in [2.05, 4.69) is 29.8 Å². The Morgan fingerprint density at radius 3 is 2.62 bits per heavy atom. The Kier molecular flexibility index (Phi) is 5.23. The summed E-state index contributed by atoms with van der Waals surface area (Å²) in [6.45, 7) is 4.20. The van der Waals surface area contributed by atoms with E-state index in [0.29, 0.717) is 44.7 Å². The lowest BCUT2D eigenvalue weighted by molar-refractivity contribution is -0.384. The van der Waals surface area contributed by atoms with Crippen LogP contribution in [-0.2, 0) is 6.42 Å². The summed E-state index contributed by atoms with van der Waals surface area (Å²) < 4.78 is 6.59. The fraction of sp³-hybridized carbons (Fsp3) is 0.250. The van der Waals surface area contributed by atoms with E-state index in [4.69, 9.17) is 4.42 Å². The number of hydrogen-bond donors (Lipinski definition) is 0. The fourth-order valence-corrected chi connectivity index (χ4v) is 3.34. The highest BCUT2D eigenvalue weighted by Crippen LogP contribution is 2.33. The standard InChI is InChI=1S/C20H18BrNO4/c1-12(2)7-9-18-19(20(23)14-5-3-4-6-16(14)21)15-11-13(22(24)25)8-10-17(15)26-18/h3-6,8,10-12H,7,9H2,1-2H3. The highest BCUT2D eigenvalue weighted by molar-refractivity contribution is 9.10. The van der Waals surface area contributed by atoms with Gasteiger partial charge in [-0.05, 0) is 30.5 Å². The van der Waals surface area contributed by atoms with Gasteiger partial charge in [0.1, 0.15) is 11.3 Å². The molecule has 0 atom stereocenters. The van der Waals surface area contributed by atoms with Gasteiger partial charge in [0.05, 0.1) is 10.5 Å². The minimum absolute atomic E-state index is 0.0603. The van der Waals surface area contributed by atoms with Gasteiger partial charge in [0.15, 0.2) is 5.78 Å². The number of rotatable bonds is 6. The number of ketones is 1. The first-order valence-electron chi connectivity index (χ1n) is 8.37. The maximum absolute atomic E-state index is 13.2. The van der Waals surface area contributed by atoms with E-state index < -0.39 is 4.92 Å². The maximum Gasteiger partial charge on any atom is 0.270 e. The van der Waals surface area contributed by atoms with E-state index in [9.17, 15) is 14.9 Å². The number of carbonyl (C=O) groups is 1. The van der Waals surface area contributed by atoms with E-state index in [1.807, 2.05) is 6.07 Å². The summed E-state index contributed by atoms with van der Waals surface area (Å²) in [5.74, 6) is 0.828. The molecule has 0 saturated carbocycles. The molecule has 1 aromatic heterocycles. The van der Waals surface area contributed by atoms with Crippen LogP contribution in [0.5, 0.6) is 0 Å². The largest absolute Gasteiger partial charge is 0.460 e. The summed E-state index contributed by atoms with van der Waals surface area (Å²) in [6.07, 6.45) is 1.46. The Morgan fingerprint density at radius 1 is 1.23 bits per heavy atom. The molecular formula is C20H18BrNO4. The van der Waals surface area contributed by atoms with E-state index in [1.54, 1.807) is 24.3 Å². The summed E-state index contributed by atoms with van der Waals surface area (Å²) in [6, 6.07) is 11.5. The van der Waals surface area contributed by atoms with Gasteiger partial charge in [-0.2, -0.15) is 0 Å². The molecule has 2 aromatic carbocycles. The van der Waals surface area contributed by atoms with Crippen molar-refractivity contribution in [1.29, 1.82) is 0 Å². The SMILES string of the molecule is CC(C)CCc1oc2ccc([N+](=O)[O-])cc2c1C(=O)c1ccccc1Br. The average molecular weight is 416 g/mol. The third kappa shape index (κ3) is 3.55. The van der Waals surface area contributed by atoms with Crippen LogP contribution in [-0.4, -0.2) is 10.7 Å². The first-order chi connectivity index (χ1) is 12.4. The molecule has 0 aliphatic carbocycles. The van der Waals surface area contributed by atoms with Gasteiger partial charge in [0.2, 0.25) is 0 Å². The average Bonchev–Trinajstić information content (AvgIpc) is 2.97. The normalized spacial score (nSPS) is 11.2. The Hall–Kier alpha value is -2.47. The summed E-state index contributed by atoms with van der Waals surface area (Å²) in [7, 11) is 0. The van der Waals surface area contributed by atoms with Gasteiger partial charge in [0, 0.05) is 34.0 Å². The number of fused-ring (bicyclic) bond motifs is 1. The molecule has 3 rings (SSSR count). The third-order valence-electron chi connectivity index (χ3n) is 4.25. The predicted molar refractivity (Wildman–Crippen MR) is 104 cm³/mol. The van der Waals surface area contributed by atoms with Crippen LogP contribution in [0.4, 0.5) is 5.69 Å². The number of furan rings is 1. The summed E-state index contributed by atoms with van der Waals surface area (Å²) in [4.78, 5) is 23.9. The molecule has 0 aliphatic heterocycles. The van der Waals surface area contributed by atoms with Crippen LogP contribution in [0, 0.1) is 16.0 Å². The van der Waals surface area contributed by atoms with Gasteiger partial charge in [-0.15, -0.1) is 0 Å². The first-order valence-corrected chi connectivity index (χ1v) is 9.16. The van der Waals surface area contributed by atoms with Crippen molar-refractivity contribution >= 4 is 38.4 Å². The monoisotopic (exact) mass is 415 g/mol. The van der Waals surface area contributed by atoms with Crippen LogP contribution in [0.15, 0.2) is 51.4 Å². The topological polar surface area (TPSA) is 73.3 Å². The zero-order chi connectivity index (χ0) is 18.8. The minimum atomic E-state index is -0.465. The molecular weight excluding hydrogens is 398 g/mol. The Morgan fingerprint density at radius 2 is 1.96 bits per heavy atom. The number of nitro benzene ring substituents is 1. The van der Waals surface area contributed by atoms with Crippen LogP contribution in [0.25, 0.3) is 11.0 Å². The van der Waals surface area contributed by atoms with Gasteiger partial charge < -0.3 is 4.42 Å². The highest BCUT2D eigenvalue weighted by atomic mass is 79.9. The molecule has 0 saturated heterocycles. The fourth-order valence-electron chi connectivity index (χ4n) is 2.87. The van der Waals surface area contributed by atoms with Crippen molar-refractivity contribution in [2.45, 2.75) is 26.7 Å². The van der Waals surface area contributed by atoms with E-state index in [-0.39, 0.29) is 11.5 Å². The summed E-state index contributed by atoms with van der Waals surface area (Å²) in [5, 5.41) is 11.6. The summed E-state index contributed by atoms with van der Waals surface area (Å²) in [5.41, 5.74) is 1.35. The Labute approximate surface area is 159 Å². The van der Waals surface area contributed by atoms with Crippen LogP contribution in [0.2, 0.25) is 0 Å². The van der Waals surface area contributed by atoms with E-state index in [1.165, 1.54) is 12.1 Å². The molecule has 0 bridgehead atoms. The molecule has 134 valence electrons. The van der Waals surface area contributed by atoms with Crippen LogP contribution >= 0.6 is 15.9 Å². The van der Waals surface area contributed by atoms with Crippen LogP contribution in [0.1, 0.15) is 41.9 Å². The lowest BCUT2D eigenvalue weighted by Gasteiger charge is -2.06. The van der Waals surface area contributed by atoms with Crippen molar-refractivity contribution in [3.8, 4) is 0 Å². The number of benzene rings is 2. The van der Waals surface area contributed by atoms with Crippen molar-refractivity contribution in [2.75, 3.05) is 0 Å². The van der Waals surface area contributed by atoms with Crippen LogP contribution in [0.3, 0.4) is 0 Å². The molecule has 0 N–H and O–H groups in total. The lowest BCUT2D eigenvalue weighted by atomic mass is 9.97. The Balaban J connectivity index is 2.19. The zero-order valence-electron chi connectivity index (χ0n) is 14.5. The van der Waals surface area contributed by atoms with Gasteiger partial charge in [-0.1, -0.05) is 41.9 Å². The molecule has 6 heteroatoms. The van der Waals surface area contributed by atoms with Crippen molar-refractivity contribution in [1.82, 2.24) is 0 Å². The van der Waals surface area contributed by atoms with Gasteiger partial charge >= 0.3 is 0 Å². The molecule has 0 unspecified atom stereocenters. The summed E-state index contributed by atoms with van der Waals surface area (Å²) >= 11 is 3.41. The number of nitro groups is 1. The Bertz CT molecular complexity index is 991. The second-order valence-electron chi connectivity index (χ2n) is 6.58. The van der Waals surface area contributed by atoms with Gasteiger partial charge in [-0.3, -0.25) is 14.9 Å². The molecule has 5 nitrogen and oxygen atoms in total. The number of non-ortho nitro benzene ring substituents is 1. The maximum atomic E-state index is 13.2. The number of carbonyl (C=O) groups excluding carboxylic acids is 1.